The van der Waals surface area contributed by atoms with Crippen molar-refractivity contribution in [2.75, 3.05) is 0 Å². The number of hydrogen-bond donors (Lipinski definition) is 1. The van der Waals surface area contributed by atoms with E-state index in [1.807, 2.05) is 37.3 Å². The summed E-state index contributed by atoms with van der Waals surface area (Å²) in [4.78, 5) is 26.0. The molecule has 0 aliphatic rings. The molecular formula is C18H22N2O3. The number of furan rings is 1. The number of hydrogen-bond acceptors (Lipinski definition) is 3. The number of benzene rings is 1. The summed E-state index contributed by atoms with van der Waals surface area (Å²) in [5.74, 6) is 0.357. The molecule has 2 amide bonds. The second kappa shape index (κ2) is 8.17. The van der Waals surface area contributed by atoms with E-state index < -0.39 is 6.04 Å². The van der Waals surface area contributed by atoms with Gasteiger partial charge in [0.1, 0.15) is 11.8 Å². The van der Waals surface area contributed by atoms with Crippen molar-refractivity contribution in [3.8, 4) is 0 Å². The number of nitrogens with zero attached hydrogens (tertiary/aromatic N) is 1. The van der Waals surface area contributed by atoms with Gasteiger partial charge < -0.3 is 14.6 Å². The van der Waals surface area contributed by atoms with Gasteiger partial charge in [0.2, 0.25) is 11.8 Å². The van der Waals surface area contributed by atoms with Gasteiger partial charge in [-0.25, -0.2) is 0 Å². The summed E-state index contributed by atoms with van der Waals surface area (Å²) in [5.41, 5.74) is 1.02. The van der Waals surface area contributed by atoms with Gasteiger partial charge in [0.05, 0.1) is 12.8 Å². The zero-order valence-corrected chi connectivity index (χ0v) is 13.5. The van der Waals surface area contributed by atoms with Crippen molar-refractivity contribution in [2.24, 2.45) is 0 Å². The monoisotopic (exact) mass is 314 g/mol. The first-order valence-corrected chi connectivity index (χ1v) is 7.73. The fourth-order valence-corrected chi connectivity index (χ4v) is 2.46. The maximum Gasteiger partial charge on any atom is 0.243 e. The van der Waals surface area contributed by atoms with E-state index >= 15 is 0 Å². The summed E-state index contributed by atoms with van der Waals surface area (Å²) in [7, 11) is 0. The van der Waals surface area contributed by atoms with Gasteiger partial charge in [-0.1, -0.05) is 37.3 Å². The molecule has 0 saturated heterocycles. The van der Waals surface area contributed by atoms with Crippen LogP contribution >= 0.6 is 0 Å². The van der Waals surface area contributed by atoms with Gasteiger partial charge in [-0.2, -0.15) is 0 Å². The smallest absolute Gasteiger partial charge is 0.243 e. The van der Waals surface area contributed by atoms with Crippen LogP contribution in [0.2, 0.25) is 0 Å². The minimum Gasteiger partial charge on any atom is -0.467 e. The van der Waals surface area contributed by atoms with Crippen LogP contribution in [0.5, 0.6) is 0 Å². The van der Waals surface area contributed by atoms with Crippen molar-refractivity contribution in [1.29, 1.82) is 0 Å². The molecule has 1 aromatic carbocycles. The summed E-state index contributed by atoms with van der Waals surface area (Å²) < 4.78 is 5.29. The van der Waals surface area contributed by atoms with Crippen molar-refractivity contribution in [1.82, 2.24) is 10.2 Å². The molecule has 23 heavy (non-hydrogen) atoms. The highest BCUT2D eigenvalue weighted by Crippen LogP contribution is 2.12. The molecule has 2 aromatic rings. The highest BCUT2D eigenvalue weighted by atomic mass is 16.3. The van der Waals surface area contributed by atoms with Crippen molar-refractivity contribution >= 4 is 11.8 Å². The Morgan fingerprint density at radius 1 is 1.17 bits per heavy atom. The lowest BCUT2D eigenvalue weighted by atomic mass is 10.1. The van der Waals surface area contributed by atoms with Crippen LogP contribution in [0.3, 0.4) is 0 Å². The average Bonchev–Trinajstić information content (AvgIpc) is 3.06. The Balaban J connectivity index is 2.02. The molecule has 1 aromatic heterocycles. The van der Waals surface area contributed by atoms with Gasteiger partial charge in [0, 0.05) is 13.5 Å². The van der Waals surface area contributed by atoms with E-state index in [0.717, 1.165) is 5.56 Å². The second-order valence-corrected chi connectivity index (χ2v) is 5.35. The molecule has 0 fully saturated rings. The summed E-state index contributed by atoms with van der Waals surface area (Å²) in [5, 5.41) is 2.90. The normalized spacial score (nSPS) is 11.7. The van der Waals surface area contributed by atoms with Crippen molar-refractivity contribution in [3.05, 3.63) is 60.1 Å². The molecule has 2 rings (SSSR count). The topological polar surface area (TPSA) is 62.6 Å². The van der Waals surface area contributed by atoms with Gasteiger partial charge in [-0.15, -0.1) is 0 Å². The molecule has 1 atom stereocenters. The van der Waals surface area contributed by atoms with Gasteiger partial charge in [0.25, 0.3) is 0 Å². The third-order valence-electron chi connectivity index (χ3n) is 3.69. The molecule has 0 bridgehead atoms. The lowest BCUT2D eigenvalue weighted by molar-refractivity contribution is -0.140. The molecular weight excluding hydrogens is 292 g/mol. The third kappa shape index (κ3) is 4.71. The van der Waals surface area contributed by atoms with Crippen LogP contribution in [0.25, 0.3) is 0 Å². The van der Waals surface area contributed by atoms with E-state index in [2.05, 4.69) is 5.32 Å². The summed E-state index contributed by atoms with van der Waals surface area (Å²) in [6, 6.07) is 12.7. The lowest BCUT2D eigenvalue weighted by Crippen LogP contribution is -2.48. The first-order valence-electron chi connectivity index (χ1n) is 7.73. The number of carbonyl (C=O) groups excluding carboxylic acids is 2. The lowest BCUT2D eigenvalue weighted by Gasteiger charge is -2.28. The second-order valence-electron chi connectivity index (χ2n) is 5.35. The standard InChI is InChI=1S/C18H22N2O3/c1-3-17(18(22)19-12-15-8-5-4-6-9-15)20(14(2)21)13-16-10-7-11-23-16/h4-11,17H,3,12-13H2,1-2H3,(H,19,22). The molecule has 5 heteroatoms. The highest BCUT2D eigenvalue weighted by Gasteiger charge is 2.26. The van der Waals surface area contributed by atoms with Gasteiger partial charge in [-0.3, -0.25) is 9.59 Å². The molecule has 0 aliphatic heterocycles. The predicted octanol–water partition coefficient (Wildman–Crippen LogP) is 2.72. The number of carbonyl (C=O) groups is 2. The Labute approximate surface area is 136 Å². The highest BCUT2D eigenvalue weighted by molar-refractivity contribution is 5.86. The molecule has 122 valence electrons. The molecule has 0 radical (unpaired) electrons. The van der Waals surface area contributed by atoms with Gasteiger partial charge in [-0.05, 0) is 24.1 Å². The minimum atomic E-state index is -0.513. The van der Waals surface area contributed by atoms with Gasteiger partial charge in [0.15, 0.2) is 0 Å². The Kier molecular flexibility index (Phi) is 5.97. The Bertz CT molecular complexity index is 623. The quantitative estimate of drug-likeness (QED) is 0.854. The van der Waals surface area contributed by atoms with E-state index in [1.165, 1.54) is 6.92 Å². The van der Waals surface area contributed by atoms with Crippen molar-refractivity contribution in [2.45, 2.75) is 39.4 Å². The van der Waals surface area contributed by atoms with Crippen LogP contribution < -0.4 is 5.32 Å². The maximum atomic E-state index is 12.5. The van der Waals surface area contributed by atoms with Gasteiger partial charge >= 0.3 is 0 Å². The molecule has 1 N–H and O–H groups in total. The summed E-state index contributed by atoms with van der Waals surface area (Å²) in [6.07, 6.45) is 2.10. The van der Waals surface area contributed by atoms with Crippen molar-refractivity contribution in [3.63, 3.8) is 0 Å². The Morgan fingerprint density at radius 2 is 1.91 bits per heavy atom. The molecule has 1 unspecified atom stereocenters. The molecule has 5 nitrogen and oxygen atoms in total. The first-order chi connectivity index (χ1) is 11.1. The fraction of sp³-hybridized carbons (Fsp3) is 0.333. The third-order valence-corrected chi connectivity index (χ3v) is 3.69. The SMILES string of the molecule is CCC(C(=O)NCc1ccccc1)N(Cc1ccco1)C(C)=O. The van der Waals surface area contributed by atoms with E-state index in [0.29, 0.717) is 25.3 Å². The Morgan fingerprint density at radius 3 is 2.48 bits per heavy atom. The molecule has 0 spiro atoms. The van der Waals surface area contributed by atoms with Crippen LogP contribution in [0.15, 0.2) is 53.1 Å². The van der Waals surface area contributed by atoms with E-state index in [1.54, 1.807) is 23.3 Å². The van der Waals surface area contributed by atoms with Crippen LogP contribution in [0, 0.1) is 0 Å². The summed E-state index contributed by atoms with van der Waals surface area (Å²) >= 11 is 0. The molecule has 0 saturated carbocycles. The van der Waals surface area contributed by atoms with Crippen LogP contribution in [-0.2, 0) is 22.7 Å². The van der Waals surface area contributed by atoms with Crippen LogP contribution in [0.4, 0.5) is 0 Å². The largest absolute Gasteiger partial charge is 0.467 e. The number of amides is 2. The predicted molar refractivity (Wildman–Crippen MR) is 87.3 cm³/mol. The zero-order chi connectivity index (χ0) is 16.7. The fourth-order valence-electron chi connectivity index (χ4n) is 2.46. The average molecular weight is 314 g/mol. The number of nitrogens with one attached hydrogen (secondary N) is 1. The van der Waals surface area contributed by atoms with E-state index in [4.69, 9.17) is 4.42 Å². The number of rotatable bonds is 7. The van der Waals surface area contributed by atoms with E-state index in [9.17, 15) is 9.59 Å². The summed E-state index contributed by atoms with van der Waals surface area (Å²) in [6.45, 7) is 4.10. The molecule has 0 aliphatic carbocycles. The minimum absolute atomic E-state index is 0.150. The van der Waals surface area contributed by atoms with Crippen molar-refractivity contribution < 1.29 is 14.0 Å². The van der Waals surface area contributed by atoms with Crippen LogP contribution in [0.1, 0.15) is 31.6 Å². The first kappa shape index (κ1) is 16.8. The molecule has 1 heterocycles. The maximum absolute atomic E-state index is 12.5. The Hall–Kier alpha value is -2.56. The zero-order valence-electron chi connectivity index (χ0n) is 13.5. The van der Waals surface area contributed by atoms with E-state index in [-0.39, 0.29) is 11.8 Å². The van der Waals surface area contributed by atoms with Crippen LogP contribution in [-0.4, -0.2) is 22.8 Å².